The summed E-state index contributed by atoms with van der Waals surface area (Å²) in [5, 5.41) is 14.4. The number of amides is 1. The van der Waals surface area contributed by atoms with Gasteiger partial charge in [0.1, 0.15) is 6.54 Å². The van der Waals surface area contributed by atoms with Crippen molar-refractivity contribution in [3.63, 3.8) is 0 Å². The van der Waals surface area contributed by atoms with Gasteiger partial charge in [0.05, 0.1) is 15.5 Å². The fourth-order valence-corrected chi connectivity index (χ4v) is 4.74. The van der Waals surface area contributed by atoms with Gasteiger partial charge in [-0.2, -0.15) is 0 Å². The van der Waals surface area contributed by atoms with Crippen LogP contribution in [0.15, 0.2) is 77.7 Å². The van der Waals surface area contributed by atoms with E-state index in [9.17, 15) is 23.3 Å². The van der Waals surface area contributed by atoms with E-state index in [1.54, 1.807) is 30.3 Å². The van der Waals surface area contributed by atoms with Crippen molar-refractivity contribution in [1.29, 1.82) is 0 Å². The number of nitro groups is 1. The molecule has 0 aromatic heterocycles. The number of non-ortho nitro benzene ring substituents is 1. The predicted molar refractivity (Wildman–Crippen MR) is 122 cm³/mol. The summed E-state index contributed by atoms with van der Waals surface area (Å²) in [6.07, 6.45) is 0. The van der Waals surface area contributed by atoms with Gasteiger partial charge in [-0.25, -0.2) is 8.42 Å². The molecule has 3 aromatic rings. The number of nitrogens with one attached hydrogen (secondary N) is 1. The van der Waals surface area contributed by atoms with E-state index in [1.807, 2.05) is 0 Å². The molecule has 3 aromatic carbocycles. The first-order valence-corrected chi connectivity index (χ1v) is 11.4. The summed E-state index contributed by atoms with van der Waals surface area (Å²) in [7, 11) is -4.12. The van der Waals surface area contributed by atoms with Crippen molar-refractivity contribution in [2.45, 2.75) is 11.4 Å². The number of halogens is 2. The van der Waals surface area contributed by atoms with Gasteiger partial charge in [-0.3, -0.25) is 19.2 Å². The lowest BCUT2D eigenvalue weighted by molar-refractivity contribution is -0.384. The number of hydrogen-bond acceptors (Lipinski definition) is 5. The van der Waals surface area contributed by atoms with Crippen LogP contribution >= 0.6 is 23.2 Å². The minimum atomic E-state index is -4.12. The molecule has 0 fully saturated rings. The van der Waals surface area contributed by atoms with E-state index in [0.717, 1.165) is 4.31 Å². The molecule has 0 unspecified atom stereocenters. The molecule has 0 aliphatic carbocycles. The number of carbonyl (C=O) groups is 1. The first-order chi connectivity index (χ1) is 15.2. The highest BCUT2D eigenvalue weighted by atomic mass is 35.5. The molecule has 1 amide bonds. The van der Waals surface area contributed by atoms with E-state index in [-0.39, 0.29) is 22.8 Å². The number of benzene rings is 3. The van der Waals surface area contributed by atoms with Gasteiger partial charge >= 0.3 is 0 Å². The highest BCUT2D eigenvalue weighted by Gasteiger charge is 2.27. The Hall–Kier alpha value is -3.14. The number of hydrogen-bond donors (Lipinski definition) is 1. The zero-order valence-electron chi connectivity index (χ0n) is 16.4. The summed E-state index contributed by atoms with van der Waals surface area (Å²) < 4.78 is 27.4. The molecule has 0 bridgehead atoms. The minimum Gasteiger partial charge on any atom is -0.350 e. The van der Waals surface area contributed by atoms with E-state index in [1.165, 1.54) is 42.5 Å². The van der Waals surface area contributed by atoms with Crippen molar-refractivity contribution in [2.24, 2.45) is 0 Å². The van der Waals surface area contributed by atoms with Crippen molar-refractivity contribution in [3.8, 4) is 0 Å². The second kappa shape index (κ2) is 9.99. The Balaban J connectivity index is 1.86. The fraction of sp³-hybridized carbons (Fsp3) is 0.0952. The molecule has 0 saturated heterocycles. The lowest BCUT2D eigenvalue weighted by atomic mass is 10.2. The van der Waals surface area contributed by atoms with Crippen molar-refractivity contribution in [1.82, 2.24) is 5.32 Å². The Morgan fingerprint density at radius 3 is 2.25 bits per heavy atom. The van der Waals surface area contributed by atoms with Crippen molar-refractivity contribution >= 4 is 50.5 Å². The molecule has 0 aliphatic heterocycles. The Labute approximate surface area is 194 Å². The average molecular weight is 494 g/mol. The average Bonchev–Trinajstić information content (AvgIpc) is 2.77. The lowest BCUT2D eigenvalue weighted by Crippen LogP contribution is -2.40. The third-order valence-electron chi connectivity index (χ3n) is 4.46. The fourth-order valence-electron chi connectivity index (χ4n) is 2.82. The summed E-state index contributed by atoms with van der Waals surface area (Å²) >= 11 is 12.0. The van der Waals surface area contributed by atoms with Gasteiger partial charge in [0, 0.05) is 28.7 Å². The monoisotopic (exact) mass is 493 g/mol. The molecule has 0 atom stereocenters. The number of nitrogens with zero attached hydrogens (tertiary/aromatic N) is 2. The molecule has 8 nitrogen and oxygen atoms in total. The quantitative estimate of drug-likeness (QED) is 0.369. The van der Waals surface area contributed by atoms with Gasteiger partial charge in [0.15, 0.2) is 0 Å². The van der Waals surface area contributed by atoms with Gasteiger partial charge in [-0.15, -0.1) is 0 Å². The normalized spacial score (nSPS) is 11.1. The molecule has 0 spiro atoms. The molecule has 0 heterocycles. The molecule has 0 aliphatic rings. The van der Waals surface area contributed by atoms with Crippen LogP contribution in [0, 0.1) is 10.1 Å². The molecule has 166 valence electrons. The second-order valence-corrected chi connectivity index (χ2v) is 9.32. The Morgan fingerprint density at radius 2 is 1.66 bits per heavy atom. The highest BCUT2D eigenvalue weighted by molar-refractivity contribution is 7.92. The maximum absolute atomic E-state index is 13.2. The van der Waals surface area contributed by atoms with Crippen molar-refractivity contribution in [3.05, 3.63) is 98.5 Å². The van der Waals surface area contributed by atoms with Crippen LogP contribution in [-0.4, -0.2) is 25.8 Å². The van der Waals surface area contributed by atoms with E-state index in [2.05, 4.69) is 5.32 Å². The van der Waals surface area contributed by atoms with Crippen LogP contribution in [-0.2, 0) is 21.4 Å². The van der Waals surface area contributed by atoms with Crippen LogP contribution in [0.5, 0.6) is 0 Å². The maximum atomic E-state index is 13.2. The largest absolute Gasteiger partial charge is 0.350 e. The second-order valence-electron chi connectivity index (χ2n) is 6.61. The summed E-state index contributed by atoms with van der Waals surface area (Å²) in [4.78, 5) is 23.0. The SMILES string of the molecule is O=C(CN(c1ccc([N+](=O)[O-])cc1)S(=O)(=O)c1ccccc1)NCc1ccc(Cl)cc1Cl. The molecule has 11 heteroatoms. The zero-order chi connectivity index (χ0) is 23.3. The molecule has 32 heavy (non-hydrogen) atoms. The third kappa shape index (κ3) is 5.56. The van der Waals surface area contributed by atoms with Gasteiger partial charge in [-0.1, -0.05) is 47.5 Å². The van der Waals surface area contributed by atoms with E-state index in [0.29, 0.717) is 15.6 Å². The first kappa shape index (κ1) is 23.5. The molecular formula is C21H17Cl2N3O5S. The lowest BCUT2D eigenvalue weighted by Gasteiger charge is -2.24. The predicted octanol–water partition coefficient (Wildman–Crippen LogP) is 4.41. The van der Waals surface area contributed by atoms with Crippen LogP contribution in [0.25, 0.3) is 0 Å². The Bertz CT molecular complexity index is 1240. The summed E-state index contributed by atoms with van der Waals surface area (Å²) in [6.45, 7) is -0.478. The summed E-state index contributed by atoms with van der Waals surface area (Å²) in [6, 6.07) is 17.3. The van der Waals surface area contributed by atoms with E-state index in [4.69, 9.17) is 23.2 Å². The number of rotatable bonds is 8. The molecule has 3 rings (SSSR count). The van der Waals surface area contributed by atoms with Crippen molar-refractivity contribution in [2.75, 3.05) is 10.8 Å². The summed E-state index contributed by atoms with van der Waals surface area (Å²) in [5.74, 6) is -0.589. The standard InChI is InChI=1S/C21H17Cl2N3O5S/c22-16-7-6-15(20(23)12-16)13-24-21(27)14-25(17-8-10-18(11-9-17)26(28)29)32(30,31)19-4-2-1-3-5-19/h1-12H,13-14H2,(H,24,27). The smallest absolute Gasteiger partial charge is 0.269 e. The van der Waals surface area contributed by atoms with Crippen LogP contribution in [0.1, 0.15) is 5.56 Å². The zero-order valence-corrected chi connectivity index (χ0v) is 18.8. The molecule has 0 saturated carbocycles. The summed E-state index contributed by atoms with van der Waals surface area (Å²) in [5.41, 5.74) is 0.518. The Kier molecular flexibility index (Phi) is 7.34. The van der Waals surface area contributed by atoms with Crippen molar-refractivity contribution < 1.29 is 18.1 Å². The number of sulfonamides is 1. The minimum absolute atomic E-state index is 0.0214. The van der Waals surface area contributed by atoms with Gasteiger partial charge < -0.3 is 5.32 Å². The van der Waals surface area contributed by atoms with Gasteiger partial charge in [-0.05, 0) is 42.0 Å². The van der Waals surface area contributed by atoms with Crippen LogP contribution in [0.2, 0.25) is 10.0 Å². The first-order valence-electron chi connectivity index (χ1n) is 9.21. The Morgan fingerprint density at radius 1 is 1.00 bits per heavy atom. The van der Waals surface area contributed by atoms with E-state index >= 15 is 0 Å². The number of nitro benzene ring substituents is 1. The van der Waals surface area contributed by atoms with Gasteiger partial charge in [0.25, 0.3) is 15.7 Å². The topological polar surface area (TPSA) is 110 Å². The van der Waals surface area contributed by atoms with Gasteiger partial charge in [0.2, 0.25) is 5.91 Å². The van der Waals surface area contributed by atoms with Crippen LogP contribution < -0.4 is 9.62 Å². The van der Waals surface area contributed by atoms with Crippen LogP contribution in [0.3, 0.4) is 0 Å². The number of carbonyl (C=O) groups excluding carboxylic acids is 1. The van der Waals surface area contributed by atoms with E-state index < -0.39 is 27.4 Å². The highest BCUT2D eigenvalue weighted by Crippen LogP contribution is 2.26. The molecular weight excluding hydrogens is 477 g/mol. The number of anilines is 1. The molecule has 0 radical (unpaired) electrons. The van der Waals surface area contributed by atoms with Crippen LogP contribution in [0.4, 0.5) is 11.4 Å². The molecule has 1 N–H and O–H groups in total. The maximum Gasteiger partial charge on any atom is 0.269 e. The third-order valence-corrected chi connectivity index (χ3v) is 6.83.